The van der Waals surface area contributed by atoms with Gasteiger partial charge in [0.2, 0.25) is 5.91 Å². The van der Waals surface area contributed by atoms with Gasteiger partial charge in [0.1, 0.15) is 11.6 Å². The minimum absolute atomic E-state index is 0.0781. The fourth-order valence-corrected chi connectivity index (χ4v) is 4.22. The number of nitro benzene ring substituents is 1. The van der Waals surface area contributed by atoms with Crippen LogP contribution in [0.15, 0.2) is 30.6 Å². The number of nitrogens with zero attached hydrogens (tertiary/aromatic N) is 5. The van der Waals surface area contributed by atoms with Crippen molar-refractivity contribution in [1.82, 2.24) is 24.9 Å². The summed E-state index contributed by atoms with van der Waals surface area (Å²) in [6.07, 6.45) is 4.11. The third kappa shape index (κ3) is 3.95. The molecule has 0 bridgehead atoms. The highest BCUT2D eigenvalue weighted by molar-refractivity contribution is 6.24. The molecule has 33 heavy (non-hydrogen) atoms. The number of rotatable bonds is 5. The molecular weight excluding hydrogens is 432 g/mol. The second-order valence-corrected chi connectivity index (χ2v) is 8.09. The summed E-state index contributed by atoms with van der Waals surface area (Å²) in [6, 6.07) is 2.60. The van der Waals surface area contributed by atoms with Gasteiger partial charge >= 0.3 is 0 Å². The number of aryl methyl sites for hydroxylation is 1. The Kier molecular flexibility index (Phi) is 5.66. The van der Waals surface area contributed by atoms with Gasteiger partial charge in [0, 0.05) is 38.4 Å². The fraction of sp³-hybridized carbons (Fsp3) is 0.381. The van der Waals surface area contributed by atoms with Gasteiger partial charge in [-0.3, -0.25) is 38.9 Å². The number of imide groups is 1. The zero-order chi connectivity index (χ0) is 23.9. The number of carbonyl (C=O) groups excluding carboxylic acids is 4. The van der Waals surface area contributed by atoms with Crippen molar-refractivity contribution in [3.8, 4) is 0 Å². The largest absolute Gasteiger partial charge is 0.349 e. The molecule has 172 valence electrons. The highest BCUT2D eigenvalue weighted by Crippen LogP contribution is 2.32. The van der Waals surface area contributed by atoms with Crippen molar-refractivity contribution in [2.75, 3.05) is 13.1 Å². The molecule has 2 aliphatic rings. The van der Waals surface area contributed by atoms with Crippen molar-refractivity contribution in [2.24, 2.45) is 7.05 Å². The molecular formula is C21H22N6O6. The number of carbonyl (C=O) groups is 4. The molecule has 1 aromatic heterocycles. The van der Waals surface area contributed by atoms with E-state index >= 15 is 0 Å². The molecule has 0 aliphatic carbocycles. The van der Waals surface area contributed by atoms with E-state index in [1.807, 2.05) is 0 Å². The van der Waals surface area contributed by atoms with Crippen LogP contribution in [0, 0.1) is 10.1 Å². The fourth-order valence-electron chi connectivity index (χ4n) is 4.22. The topological polar surface area (TPSA) is 148 Å². The smallest absolute Gasteiger partial charge is 0.282 e. The third-order valence-corrected chi connectivity index (χ3v) is 5.97. The molecule has 2 aliphatic heterocycles. The maximum absolute atomic E-state index is 13.0. The minimum atomic E-state index is -1.11. The monoisotopic (exact) mass is 454 g/mol. The lowest BCUT2D eigenvalue weighted by Gasteiger charge is -2.35. The average molecular weight is 454 g/mol. The highest BCUT2D eigenvalue weighted by atomic mass is 16.6. The van der Waals surface area contributed by atoms with E-state index in [1.165, 1.54) is 34.8 Å². The quantitative estimate of drug-likeness (QED) is 0.398. The Morgan fingerprint density at radius 2 is 1.91 bits per heavy atom. The Labute approximate surface area is 188 Å². The number of benzene rings is 1. The third-order valence-electron chi connectivity index (χ3n) is 5.97. The summed E-state index contributed by atoms with van der Waals surface area (Å²) in [5.74, 6) is -2.24. The summed E-state index contributed by atoms with van der Waals surface area (Å²) in [5, 5.41) is 18.2. The van der Waals surface area contributed by atoms with Crippen molar-refractivity contribution >= 4 is 29.3 Å². The molecule has 1 atom stereocenters. The van der Waals surface area contributed by atoms with Gasteiger partial charge in [-0.25, -0.2) is 0 Å². The summed E-state index contributed by atoms with van der Waals surface area (Å²) >= 11 is 0. The zero-order valence-electron chi connectivity index (χ0n) is 18.1. The number of piperidine rings is 1. The summed E-state index contributed by atoms with van der Waals surface area (Å²) in [6.45, 7) is 2.11. The first kappa shape index (κ1) is 22.1. The van der Waals surface area contributed by atoms with E-state index in [-0.39, 0.29) is 23.1 Å². The second kappa shape index (κ2) is 8.45. The first-order chi connectivity index (χ1) is 15.7. The van der Waals surface area contributed by atoms with Gasteiger partial charge in [-0.05, 0) is 25.8 Å². The Hall–Kier alpha value is -4.09. The summed E-state index contributed by atoms with van der Waals surface area (Å²) in [4.78, 5) is 63.9. The van der Waals surface area contributed by atoms with E-state index in [2.05, 4.69) is 10.4 Å². The second-order valence-electron chi connectivity index (χ2n) is 8.09. The molecule has 12 heteroatoms. The summed E-state index contributed by atoms with van der Waals surface area (Å²) in [7, 11) is 1.72. The Balaban J connectivity index is 1.40. The molecule has 2 aromatic rings. The van der Waals surface area contributed by atoms with Gasteiger partial charge in [-0.15, -0.1) is 0 Å². The number of hydrogen-bond donors (Lipinski definition) is 1. The van der Waals surface area contributed by atoms with Gasteiger partial charge in [-0.2, -0.15) is 5.10 Å². The summed E-state index contributed by atoms with van der Waals surface area (Å²) < 4.78 is 1.53. The molecule has 1 N–H and O–H groups in total. The molecule has 3 heterocycles. The van der Waals surface area contributed by atoms with E-state index in [0.29, 0.717) is 31.5 Å². The van der Waals surface area contributed by atoms with Crippen LogP contribution in [0.2, 0.25) is 0 Å². The number of nitro groups is 1. The number of hydrogen-bond acceptors (Lipinski definition) is 7. The Morgan fingerprint density at radius 3 is 2.52 bits per heavy atom. The number of likely N-dealkylation sites (tertiary alicyclic amines) is 1. The van der Waals surface area contributed by atoms with E-state index in [4.69, 9.17) is 0 Å². The Bertz CT molecular complexity index is 1170. The zero-order valence-corrected chi connectivity index (χ0v) is 18.1. The normalized spacial score (nSPS) is 17.2. The van der Waals surface area contributed by atoms with Crippen LogP contribution < -0.4 is 5.32 Å². The first-order valence-electron chi connectivity index (χ1n) is 10.4. The highest BCUT2D eigenvalue weighted by Gasteiger charge is 2.45. The van der Waals surface area contributed by atoms with Crippen LogP contribution in [0.4, 0.5) is 5.69 Å². The lowest BCUT2D eigenvalue weighted by molar-refractivity contribution is -0.385. The number of amides is 4. The number of fused-ring (bicyclic) bond motifs is 1. The molecule has 0 spiro atoms. The predicted molar refractivity (Wildman–Crippen MR) is 113 cm³/mol. The lowest BCUT2D eigenvalue weighted by atomic mass is 10.0. The average Bonchev–Trinajstić information content (AvgIpc) is 3.34. The van der Waals surface area contributed by atoms with Crippen LogP contribution in [-0.2, 0) is 11.8 Å². The van der Waals surface area contributed by atoms with Crippen LogP contribution in [-0.4, -0.2) is 73.3 Å². The van der Waals surface area contributed by atoms with Crippen LogP contribution in [0.25, 0.3) is 0 Å². The molecule has 1 fully saturated rings. The van der Waals surface area contributed by atoms with E-state index in [9.17, 15) is 29.3 Å². The molecule has 12 nitrogen and oxygen atoms in total. The van der Waals surface area contributed by atoms with Crippen molar-refractivity contribution in [1.29, 1.82) is 0 Å². The van der Waals surface area contributed by atoms with Crippen molar-refractivity contribution in [3.05, 3.63) is 57.4 Å². The van der Waals surface area contributed by atoms with Crippen LogP contribution in [0.5, 0.6) is 0 Å². The van der Waals surface area contributed by atoms with E-state index < -0.39 is 34.4 Å². The molecule has 4 amide bonds. The minimum Gasteiger partial charge on any atom is -0.349 e. The summed E-state index contributed by atoms with van der Waals surface area (Å²) in [5.41, 5.74) is -0.378. The van der Waals surface area contributed by atoms with Gasteiger partial charge in [0.05, 0.1) is 22.2 Å². The molecule has 0 saturated carbocycles. The van der Waals surface area contributed by atoms with Crippen LogP contribution in [0.1, 0.15) is 50.8 Å². The maximum atomic E-state index is 13.0. The molecule has 0 radical (unpaired) electrons. The van der Waals surface area contributed by atoms with Crippen LogP contribution >= 0.6 is 0 Å². The van der Waals surface area contributed by atoms with E-state index in [0.717, 1.165) is 11.0 Å². The van der Waals surface area contributed by atoms with Crippen LogP contribution in [0.3, 0.4) is 0 Å². The van der Waals surface area contributed by atoms with Crippen molar-refractivity contribution < 1.29 is 24.1 Å². The van der Waals surface area contributed by atoms with Gasteiger partial charge in [0.15, 0.2) is 0 Å². The molecule has 1 unspecified atom stereocenters. The van der Waals surface area contributed by atoms with Gasteiger partial charge in [0.25, 0.3) is 23.4 Å². The standard InChI is InChI=1S/C21H22N6O6/c1-12(26-20(30)15-4-3-5-16(27(32)33)17(15)21(26)31)19(29)25-8-6-14(7-9-25)23-18(28)13-10-22-24(2)11-13/h3-5,10-12,14H,6-9H2,1-2H3,(H,23,28). The molecule has 1 saturated heterocycles. The van der Waals surface area contributed by atoms with Gasteiger partial charge < -0.3 is 10.2 Å². The van der Waals surface area contributed by atoms with Crippen molar-refractivity contribution in [2.45, 2.75) is 31.8 Å². The number of nitrogens with one attached hydrogen (secondary N) is 1. The molecule has 1 aromatic carbocycles. The Morgan fingerprint density at radius 1 is 1.21 bits per heavy atom. The van der Waals surface area contributed by atoms with Gasteiger partial charge in [-0.1, -0.05) is 6.07 Å². The number of aromatic nitrogens is 2. The van der Waals surface area contributed by atoms with E-state index in [1.54, 1.807) is 13.2 Å². The molecule has 4 rings (SSSR count). The SMILES string of the molecule is CC(C(=O)N1CCC(NC(=O)c2cnn(C)c2)CC1)N1C(=O)c2cccc([N+](=O)[O-])c2C1=O. The predicted octanol–water partition coefficient (Wildman–Crippen LogP) is 0.734. The first-order valence-corrected chi connectivity index (χ1v) is 10.4. The maximum Gasteiger partial charge on any atom is 0.282 e. The lowest BCUT2D eigenvalue weighted by Crippen LogP contribution is -2.53. The van der Waals surface area contributed by atoms with Crippen molar-refractivity contribution in [3.63, 3.8) is 0 Å².